The Hall–Kier alpha value is -0.920. The smallest absolute Gasteiger partial charge is 0.420 e. The SMILES string of the molecule is Oc1cc(Br)cc(C(F)(F)F)c1C(F)(F)F. The number of phenols is 1. The van der Waals surface area contributed by atoms with Crippen molar-refractivity contribution in [3.05, 3.63) is 27.7 Å². The van der Waals surface area contributed by atoms with Gasteiger partial charge in [0.2, 0.25) is 0 Å². The highest BCUT2D eigenvalue weighted by atomic mass is 79.9. The van der Waals surface area contributed by atoms with Crippen molar-refractivity contribution in [3.8, 4) is 5.75 Å². The van der Waals surface area contributed by atoms with Crippen molar-refractivity contribution in [2.24, 2.45) is 0 Å². The molecule has 0 amide bonds. The summed E-state index contributed by atoms with van der Waals surface area (Å²) in [5.74, 6) is -1.46. The van der Waals surface area contributed by atoms with Gasteiger partial charge in [-0.25, -0.2) is 0 Å². The van der Waals surface area contributed by atoms with Gasteiger partial charge in [0, 0.05) is 4.47 Å². The van der Waals surface area contributed by atoms with E-state index < -0.39 is 29.2 Å². The Bertz CT molecular complexity index is 408. The molecule has 0 radical (unpaired) electrons. The lowest BCUT2D eigenvalue weighted by Crippen LogP contribution is -2.16. The van der Waals surface area contributed by atoms with E-state index in [9.17, 15) is 26.3 Å². The van der Waals surface area contributed by atoms with Crippen molar-refractivity contribution in [2.75, 3.05) is 0 Å². The summed E-state index contributed by atoms with van der Waals surface area (Å²) in [4.78, 5) is 0. The Morgan fingerprint density at radius 1 is 0.938 bits per heavy atom. The van der Waals surface area contributed by atoms with E-state index in [0.29, 0.717) is 6.07 Å². The molecule has 0 saturated carbocycles. The first-order valence-electron chi connectivity index (χ1n) is 3.70. The summed E-state index contributed by atoms with van der Waals surface area (Å²) in [6.45, 7) is 0. The van der Waals surface area contributed by atoms with Crippen LogP contribution in [0.5, 0.6) is 5.75 Å². The molecule has 1 rings (SSSR count). The van der Waals surface area contributed by atoms with Crippen molar-refractivity contribution in [2.45, 2.75) is 12.4 Å². The zero-order valence-corrected chi connectivity index (χ0v) is 8.83. The van der Waals surface area contributed by atoms with Gasteiger partial charge >= 0.3 is 12.4 Å². The normalized spacial score (nSPS) is 12.9. The quantitative estimate of drug-likeness (QED) is 0.712. The Labute approximate surface area is 93.8 Å². The minimum atomic E-state index is -5.27. The molecule has 0 aliphatic heterocycles. The van der Waals surface area contributed by atoms with E-state index in [2.05, 4.69) is 15.9 Å². The predicted molar refractivity (Wildman–Crippen MR) is 45.8 cm³/mol. The van der Waals surface area contributed by atoms with Gasteiger partial charge in [-0.05, 0) is 12.1 Å². The second kappa shape index (κ2) is 3.83. The van der Waals surface area contributed by atoms with Gasteiger partial charge in [-0.15, -0.1) is 0 Å². The fourth-order valence-corrected chi connectivity index (χ4v) is 1.56. The standard InChI is InChI=1S/C8H3BrF6O/c9-3-1-4(7(10,11)12)6(5(16)2-3)8(13,14)15/h1-2,16H. The second-order valence-electron chi connectivity index (χ2n) is 2.84. The van der Waals surface area contributed by atoms with Gasteiger partial charge in [-0.3, -0.25) is 0 Å². The number of hydrogen-bond donors (Lipinski definition) is 1. The number of hydrogen-bond acceptors (Lipinski definition) is 1. The lowest BCUT2D eigenvalue weighted by atomic mass is 10.1. The molecule has 0 aliphatic carbocycles. The number of phenolic OH excluding ortho intramolecular Hbond substituents is 1. The number of rotatable bonds is 0. The van der Waals surface area contributed by atoms with Crippen molar-refractivity contribution in [1.82, 2.24) is 0 Å². The molecule has 0 bridgehead atoms. The highest BCUT2D eigenvalue weighted by molar-refractivity contribution is 9.10. The summed E-state index contributed by atoms with van der Waals surface area (Å²) in [6.07, 6.45) is -10.5. The Balaban J connectivity index is 3.58. The highest BCUT2D eigenvalue weighted by Gasteiger charge is 2.45. The Kier molecular flexibility index (Phi) is 3.15. The van der Waals surface area contributed by atoms with Crippen molar-refractivity contribution >= 4 is 15.9 Å². The van der Waals surface area contributed by atoms with Gasteiger partial charge in [-0.2, -0.15) is 26.3 Å². The van der Waals surface area contributed by atoms with Crippen molar-refractivity contribution in [1.29, 1.82) is 0 Å². The topological polar surface area (TPSA) is 20.2 Å². The monoisotopic (exact) mass is 308 g/mol. The number of benzene rings is 1. The van der Waals surface area contributed by atoms with Crippen molar-refractivity contribution < 1.29 is 31.4 Å². The molecule has 0 heterocycles. The third kappa shape index (κ3) is 2.60. The van der Waals surface area contributed by atoms with Crippen LogP contribution in [0.3, 0.4) is 0 Å². The fourth-order valence-electron chi connectivity index (χ4n) is 1.11. The molecule has 0 fully saturated rings. The lowest BCUT2D eigenvalue weighted by molar-refractivity contribution is -0.163. The molecule has 90 valence electrons. The summed E-state index contributed by atoms with van der Waals surface area (Å²) in [5.41, 5.74) is -4.00. The van der Waals surface area contributed by atoms with Gasteiger partial charge in [0.15, 0.2) is 0 Å². The first kappa shape index (κ1) is 13.1. The van der Waals surface area contributed by atoms with Crippen LogP contribution in [0, 0.1) is 0 Å². The molecule has 0 aromatic heterocycles. The van der Waals surface area contributed by atoms with Gasteiger partial charge in [0.1, 0.15) is 11.3 Å². The number of halogens is 7. The summed E-state index contributed by atoms with van der Waals surface area (Å²) >= 11 is 2.58. The third-order valence-electron chi connectivity index (χ3n) is 1.67. The molecule has 16 heavy (non-hydrogen) atoms. The molecule has 1 aromatic carbocycles. The summed E-state index contributed by atoms with van der Waals surface area (Å²) in [6, 6.07) is 0.820. The van der Waals surface area contributed by atoms with E-state index >= 15 is 0 Å². The van der Waals surface area contributed by atoms with E-state index in [-0.39, 0.29) is 10.5 Å². The molecule has 0 spiro atoms. The lowest BCUT2D eigenvalue weighted by Gasteiger charge is -2.16. The average Bonchev–Trinajstić information content (AvgIpc) is 1.97. The van der Waals surface area contributed by atoms with E-state index in [1.807, 2.05) is 0 Å². The highest BCUT2D eigenvalue weighted by Crippen LogP contribution is 2.45. The molecule has 1 nitrogen and oxygen atoms in total. The first-order chi connectivity index (χ1) is 7.03. The minimum absolute atomic E-state index is 0.266. The molecule has 0 atom stereocenters. The average molecular weight is 309 g/mol. The number of aromatic hydroxyl groups is 1. The zero-order valence-electron chi connectivity index (χ0n) is 7.25. The van der Waals surface area contributed by atoms with Crippen LogP contribution < -0.4 is 0 Å². The maximum absolute atomic E-state index is 12.3. The van der Waals surface area contributed by atoms with E-state index in [4.69, 9.17) is 5.11 Å². The van der Waals surface area contributed by atoms with Crippen LogP contribution in [0.4, 0.5) is 26.3 Å². The summed E-state index contributed by atoms with van der Waals surface area (Å²) in [7, 11) is 0. The number of alkyl halides is 6. The van der Waals surface area contributed by atoms with Crippen molar-refractivity contribution in [3.63, 3.8) is 0 Å². The zero-order chi connectivity index (χ0) is 12.7. The van der Waals surface area contributed by atoms with E-state index in [1.54, 1.807) is 0 Å². The molecule has 0 aliphatic rings. The van der Waals surface area contributed by atoms with Crippen LogP contribution in [-0.4, -0.2) is 5.11 Å². The van der Waals surface area contributed by atoms with E-state index in [1.165, 1.54) is 0 Å². The van der Waals surface area contributed by atoms with Crippen LogP contribution in [0.1, 0.15) is 11.1 Å². The first-order valence-corrected chi connectivity index (χ1v) is 4.49. The second-order valence-corrected chi connectivity index (χ2v) is 3.76. The largest absolute Gasteiger partial charge is 0.507 e. The predicted octanol–water partition coefficient (Wildman–Crippen LogP) is 4.19. The maximum Gasteiger partial charge on any atom is 0.420 e. The van der Waals surface area contributed by atoms with Gasteiger partial charge in [-0.1, -0.05) is 15.9 Å². The molecule has 0 unspecified atom stereocenters. The summed E-state index contributed by atoms with van der Waals surface area (Å²) in [5, 5.41) is 8.92. The van der Waals surface area contributed by atoms with Crippen LogP contribution in [0.25, 0.3) is 0 Å². The fraction of sp³-hybridized carbons (Fsp3) is 0.250. The third-order valence-corrected chi connectivity index (χ3v) is 2.13. The van der Waals surface area contributed by atoms with Crippen LogP contribution in [0.15, 0.2) is 16.6 Å². The Morgan fingerprint density at radius 3 is 1.81 bits per heavy atom. The maximum atomic E-state index is 12.3. The van der Waals surface area contributed by atoms with Crippen LogP contribution in [-0.2, 0) is 12.4 Å². The Morgan fingerprint density at radius 2 is 1.44 bits per heavy atom. The molecular weight excluding hydrogens is 306 g/mol. The molecule has 8 heteroatoms. The summed E-state index contributed by atoms with van der Waals surface area (Å²) < 4.78 is 73.5. The van der Waals surface area contributed by atoms with Crippen LogP contribution in [0.2, 0.25) is 0 Å². The van der Waals surface area contributed by atoms with Gasteiger partial charge in [0.25, 0.3) is 0 Å². The minimum Gasteiger partial charge on any atom is -0.507 e. The molecule has 1 N–H and O–H groups in total. The molecule has 1 aromatic rings. The van der Waals surface area contributed by atoms with Gasteiger partial charge < -0.3 is 5.11 Å². The molecule has 0 saturated heterocycles. The van der Waals surface area contributed by atoms with Gasteiger partial charge in [0.05, 0.1) is 5.56 Å². The molecular formula is C8H3BrF6O. The van der Waals surface area contributed by atoms with E-state index in [0.717, 1.165) is 0 Å². The van der Waals surface area contributed by atoms with Crippen LogP contribution >= 0.6 is 15.9 Å².